The van der Waals surface area contributed by atoms with Gasteiger partial charge in [0, 0.05) is 11.6 Å². The van der Waals surface area contributed by atoms with E-state index < -0.39 is 6.10 Å². The summed E-state index contributed by atoms with van der Waals surface area (Å²) in [6, 6.07) is 10.4. The smallest absolute Gasteiger partial charge is 0.166 e. The van der Waals surface area contributed by atoms with Crippen molar-refractivity contribution in [1.29, 1.82) is 0 Å². The molecule has 1 fully saturated rings. The lowest BCUT2D eigenvalue weighted by molar-refractivity contribution is 0.175. The van der Waals surface area contributed by atoms with Gasteiger partial charge in [0.1, 0.15) is 5.52 Å². The van der Waals surface area contributed by atoms with Crippen LogP contribution >= 0.6 is 0 Å². The van der Waals surface area contributed by atoms with Gasteiger partial charge in [-0.1, -0.05) is 49.6 Å². The molecule has 6 nitrogen and oxygen atoms in total. The Morgan fingerprint density at radius 1 is 1.15 bits per heavy atom. The van der Waals surface area contributed by atoms with Crippen molar-refractivity contribution in [2.24, 2.45) is 0 Å². The molecule has 1 aliphatic rings. The van der Waals surface area contributed by atoms with Crippen molar-refractivity contribution in [3.05, 3.63) is 36.7 Å². The summed E-state index contributed by atoms with van der Waals surface area (Å²) in [5.74, 6) is 1.48. The van der Waals surface area contributed by atoms with Crippen LogP contribution in [0.1, 0.15) is 39.0 Å². The van der Waals surface area contributed by atoms with Crippen LogP contribution in [0.25, 0.3) is 22.6 Å². The van der Waals surface area contributed by atoms with Crippen LogP contribution in [0.2, 0.25) is 0 Å². The van der Waals surface area contributed by atoms with Crippen molar-refractivity contribution in [1.82, 2.24) is 19.5 Å². The molecule has 0 amide bonds. The van der Waals surface area contributed by atoms with Crippen molar-refractivity contribution in [2.75, 3.05) is 5.32 Å². The molecule has 4 rings (SSSR count). The monoisotopic (exact) mass is 351 g/mol. The van der Waals surface area contributed by atoms with Crippen LogP contribution in [-0.4, -0.2) is 36.8 Å². The lowest BCUT2D eigenvalue weighted by Gasteiger charge is -2.23. The Balaban J connectivity index is 1.78. The van der Waals surface area contributed by atoms with Gasteiger partial charge in [0.15, 0.2) is 17.3 Å². The minimum Gasteiger partial charge on any atom is -0.392 e. The number of hydrogen-bond acceptors (Lipinski definition) is 5. The van der Waals surface area contributed by atoms with E-state index in [4.69, 9.17) is 9.97 Å². The summed E-state index contributed by atoms with van der Waals surface area (Å²) in [4.78, 5) is 14.1. The predicted octanol–water partition coefficient (Wildman–Crippen LogP) is 3.62. The fourth-order valence-electron chi connectivity index (χ4n) is 3.62. The molecule has 0 bridgehead atoms. The van der Waals surface area contributed by atoms with Gasteiger partial charge >= 0.3 is 0 Å². The number of imidazole rings is 1. The molecule has 1 aliphatic carbocycles. The standard InChI is InChI=1S/C20H25N5O/c1-14(26)12-25-13-21-17-19(22-16-10-6-3-7-11-16)23-18(24-20(17)25)15-8-4-2-5-9-15/h2,4-5,8-9,13-14,16,26H,3,6-7,10-12H2,1H3,(H,22,23,24). The van der Waals surface area contributed by atoms with E-state index in [0.717, 1.165) is 22.5 Å². The molecule has 2 aromatic heterocycles. The summed E-state index contributed by atoms with van der Waals surface area (Å²) in [7, 11) is 0. The van der Waals surface area contributed by atoms with Gasteiger partial charge in [0.2, 0.25) is 0 Å². The lowest BCUT2D eigenvalue weighted by Crippen LogP contribution is -2.23. The molecule has 1 saturated carbocycles. The van der Waals surface area contributed by atoms with Gasteiger partial charge in [-0.2, -0.15) is 0 Å². The highest BCUT2D eigenvalue weighted by molar-refractivity contribution is 5.85. The summed E-state index contributed by atoms with van der Waals surface area (Å²) in [6.07, 6.45) is 7.45. The van der Waals surface area contributed by atoms with E-state index in [-0.39, 0.29) is 0 Å². The molecule has 0 aliphatic heterocycles. The maximum absolute atomic E-state index is 9.79. The minimum absolute atomic E-state index is 0.437. The van der Waals surface area contributed by atoms with Crippen LogP contribution in [0.3, 0.4) is 0 Å². The number of hydrogen-bond donors (Lipinski definition) is 2. The van der Waals surface area contributed by atoms with Crippen LogP contribution in [-0.2, 0) is 6.54 Å². The number of aliphatic hydroxyl groups is 1. The van der Waals surface area contributed by atoms with Crippen molar-refractivity contribution in [2.45, 2.75) is 57.7 Å². The molecular weight excluding hydrogens is 326 g/mol. The number of fused-ring (bicyclic) bond motifs is 1. The molecule has 3 aromatic rings. The molecule has 0 radical (unpaired) electrons. The van der Waals surface area contributed by atoms with Crippen LogP contribution in [0.5, 0.6) is 0 Å². The Morgan fingerprint density at radius 2 is 1.92 bits per heavy atom. The Labute approximate surface area is 153 Å². The third-order valence-electron chi connectivity index (χ3n) is 4.90. The zero-order valence-electron chi connectivity index (χ0n) is 15.1. The van der Waals surface area contributed by atoms with Crippen molar-refractivity contribution in [3.63, 3.8) is 0 Å². The van der Waals surface area contributed by atoms with Crippen molar-refractivity contribution >= 4 is 17.0 Å². The number of nitrogens with one attached hydrogen (secondary N) is 1. The van der Waals surface area contributed by atoms with E-state index in [1.54, 1.807) is 13.3 Å². The first kappa shape index (κ1) is 17.0. The first-order valence-electron chi connectivity index (χ1n) is 9.43. The van der Waals surface area contributed by atoms with Gasteiger partial charge in [-0.25, -0.2) is 15.0 Å². The molecule has 0 saturated heterocycles. The maximum Gasteiger partial charge on any atom is 0.166 e. The van der Waals surface area contributed by atoms with Crippen LogP contribution in [0, 0.1) is 0 Å². The average Bonchev–Trinajstić information content (AvgIpc) is 3.06. The summed E-state index contributed by atoms with van der Waals surface area (Å²) in [5, 5.41) is 13.4. The molecule has 26 heavy (non-hydrogen) atoms. The minimum atomic E-state index is -0.461. The quantitative estimate of drug-likeness (QED) is 0.734. The van der Waals surface area contributed by atoms with E-state index >= 15 is 0 Å². The molecule has 6 heteroatoms. The van der Waals surface area contributed by atoms with Crippen LogP contribution < -0.4 is 5.32 Å². The van der Waals surface area contributed by atoms with E-state index in [9.17, 15) is 5.11 Å². The Hall–Kier alpha value is -2.47. The fraction of sp³-hybridized carbons (Fsp3) is 0.450. The van der Waals surface area contributed by atoms with Gasteiger partial charge in [0.25, 0.3) is 0 Å². The van der Waals surface area contributed by atoms with Crippen molar-refractivity contribution in [3.8, 4) is 11.4 Å². The second-order valence-corrected chi connectivity index (χ2v) is 7.16. The Bertz CT molecular complexity index is 869. The zero-order valence-corrected chi connectivity index (χ0v) is 15.1. The highest BCUT2D eigenvalue weighted by Gasteiger charge is 2.19. The summed E-state index contributed by atoms with van der Waals surface area (Å²) < 4.78 is 1.90. The van der Waals surface area contributed by atoms with Crippen molar-refractivity contribution < 1.29 is 5.11 Å². The molecule has 2 heterocycles. The largest absolute Gasteiger partial charge is 0.392 e. The first-order valence-corrected chi connectivity index (χ1v) is 9.43. The topological polar surface area (TPSA) is 75.9 Å². The number of nitrogens with zero attached hydrogens (tertiary/aromatic N) is 4. The Morgan fingerprint density at radius 3 is 2.65 bits per heavy atom. The molecule has 1 atom stereocenters. The predicted molar refractivity (Wildman–Crippen MR) is 103 cm³/mol. The second-order valence-electron chi connectivity index (χ2n) is 7.16. The summed E-state index contributed by atoms with van der Waals surface area (Å²) >= 11 is 0. The fourth-order valence-corrected chi connectivity index (χ4v) is 3.62. The lowest BCUT2D eigenvalue weighted by atomic mass is 9.95. The number of rotatable bonds is 5. The normalized spacial score (nSPS) is 16.7. The summed E-state index contributed by atoms with van der Waals surface area (Å²) in [5.41, 5.74) is 2.51. The highest BCUT2D eigenvalue weighted by atomic mass is 16.3. The molecule has 136 valence electrons. The number of anilines is 1. The number of aromatic nitrogens is 4. The molecule has 2 N–H and O–H groups in total. The van der Waals surface area contributed by atoms with Gasteiger partial charge in [-0.05, 0) is 19.8 Å². The van der Waals surface area contributed by atoms with Gasteiger partial charge in [0.05, 0.1) is 19.0 Å². The zero-order chi connectivity index (χ0) is 17.9. The average molecular weight is 351 g/mol. The first-order chi connectivity index (χ1) is 12.7. The third-order valence-corrected chi connectivity index (χ3v) is 4.90. The SMILES string of the molecule is CC(O)Cn1cnc2c(NC3CCCCC3)nc(-c3ccccc3)nc21. The Kier molecular flexibility index (Phi) is 4.84. The van der Waals surface area contributed by atoms with E-state index in [1.807, 2.05) is 34.9 Å². The van der Waals surface area contributed by atoms with Gasteiger partial charge in [-0.3, -0.25) is 0 Å². The van der Waals surface area contributed by atoms with Gasteiger partial charge in [-0.15, -0.1) is 0 Å². The molecule has 1 unspecified atom stereocenters. The second kappa shape index (κ2) is 7.41. The van der Waals surface area contributed by atoms with Gasteiger partial charge < -0.3 is 15.0 Å². The molecule has 1 aromatic carbocycles. The van der Waals surface area contributed by atoms with E-state index in [0.29, 0.717) is 18.4 Å². The highest BCUT2D eigenvalue weighted by Crippen LogP contribution is 2.27. The number of aliphatic hydroxyl groups excluding tert-OH is 1. The van der Waals surface area contributed by atoms with Crippen LogP contribution in [0.4, 0.5) is 5.82 Å². The molecular formula is C20H25N5O. The maximum atomic E-state index is 9.79. The van der Waals surface area contributed by atoms with E-state index in [1.165, 1.54) is 32.1 Å². The van der Waals surface area contributed by atoms with E-state index in [2.05, 4.69) is 10.3 Å². The summed E-state index contributed by atoms with van der Waals surface area (Å²) in [6.45, 7) is 2.23. The molecule has 0 spiro atoms. The number of benzene rings is 1. The van der Waals surface area contributed by atoms with Crippen LogP contribution in [0.15, 0.2) is 36.7 Å². The third kappa shape index (κ3) is 3.55.